The largest absolute Gasteiger partial charge is 0.465 e. The van der Waals surface area contributed by atoms with E-state index >= 15 is 0 Å². The zero-order valence-corrected chi connectivity index (χ0v) is 20.3. The van der Waals surface area contributed by atoms with Crippen LogP contribution in [0.3, 0.4) is 0 Å². The molecule has 10 heteroatoms. The van der Waals surface area contributed by atoms with Crippen LogP contribution in [0.25, 0.3) is 0 Å². The maximum absolute atomic E-state index is 14.4. The molecule has 35 heavy (non-hydrogen) atoms. The van der Waals surface area contributed by atoms with Gasteiger partial charge in [-0.05, 0) is 56.9 Å². The third-order valence-electron chi connectivity index (χ3n) is 6.07. The number of ether oxygens (including phenoxy) is 1. The molecule has 2 aromatic heterocycles. The van der Waals surface area contributed by atoms with Crippen LogP contribution in [0.5, 0.6) is 0 Å². The summed E-state index contributed by atoms with van der Waals surface area (Å²) >= 11 is 5.84. The molecular formula is C25H27ClFN5O3. The van der Waals surface area contributed by atoms with Crippen LogP contribution in [0.1, 0.15) is 47.4 Å². The average Bonchev–Trinajstić information content (AvgIpc) is 3.26. The van der Waals surface area contributed by atoms with Crippen LogP contribution in [0, 0.1) is 18.7 Å². The number of halogens is 2. The molecule has 1 aromatic carbocycles. The SMILES string of the molecule is CCOC(=O)C(c1cccc(Nc2cc(C)[nH]n2)n1)C1CCN(C(=O)c2cccc(Cl)c2F)CC1. The second kappa shape index (κ2) is 10.9. The molecule has 0 radical (unpaired) electrons. The number of aryl methyl sites for hydroxylation is 1. The Morgan fingerprint density at radius 1 is 1.23 bits per heavy atom. The number of anilines is 2. The minimum Gasteiger partial charge on any atom is -0.465 e. The molecule has 184 valence electrons. The molecule has 1 aliphatic heterocycles. The Hall–Kier alpha value is -3.46. The summed E-state index contributed by atoms with van der Waals surface area (Å²) in [5, 5.41) is 10.1. The lowest BCUT2D eigenvalue weighted by molar-refractivity contribution is -0.147. The molecule has 1 unspecified atom stereocenters. The number of aromatic nitrogens is 3. The van der Waals surface area contributed by atoms with Crippen LogP contribution >= 0.6 is 11.6 Å². The lowest BCUT2D eigenvalue weighted by Gasteiger charge is -2.35. The van der Waals surface area contributed by atoms with Crippen molar-refractivity contribution >= 4 is 35.1 Å². The number of amides is 1. The number of nitrogens with zero attached hydrogens (tertiary/aromatic N) is 3. The molecule has 1 atom stereocenters. The van der Waals surface area contributed by atoms with Crippen LogP contribution in [0.15, 0.2) is 42.5 Å². The summed E-state index contributed by atoms with van der Waals surface area (Å²) < 4.78 is 19.7. The second-order valence-electron chi connectivity index (χ2n) is 8.47. The van der Waals surface area contributed by atoms with Gasteiger partial charge in [0.15, 0.2) is 11.6 Å². The topological polar surface area (TPSA) is 100 Å². The van der Waals surface area contributed by atoms with Crippen LogP contribution in [0.4, 0.5) is 16.0 Å². The number of aromatic amines is 1. The van der Waals surface area contributed by atoms with Gasteiger partial charge in [-0.1, -0.05) is 23.7 Å². The number of nitrogens with one attached hydrogen (secondary N) is 2. The van der Waals surface area contributed by atoms with Gasteiger partial charge in [0.05, 0.1) is 22.9 Å². The van der Waals surface area contributed by atoms with E-state index in [4.69, 9.17) is 16.3 Å². The van der Waals surface area contributed by atoms with Gasteiger partial charge in [0.2, 0.25) is 0 Å². The zero-order valence-electron chi connectivity index (χ0n) is 19.6. The van der Waals surface area contributed by atoms with Crippen LogP contribution < -0.4 is 5.32 Å². The van der Waals surface area contributed by atoms with E-state index in [9.17, 15) is 14.0 Å². The van der Waals surface area contributed by atoms with Crippen molar-refractivity contribution in [1.82, 2.24) is 20.1 Å². The van der Waals surface area contributed by atoms with Gasteiger partial charge in [-0.15, -0.1) is 0 Å². The predicted octanol–water partition coefficient (Wildman–Crippen LogP) is 4.85. The molecule has 1 saturated heterocycles. The first-order valence-electron chi connectivity index (χ1n) is 11.5. The highest BCUT2D eigenvalue weighted by molar-refractivity contribution is 6.31. The maximum Gasteiger partial charge on any atom is 0.315 e. The lowest BCUT2D eigenvalue weighted by atomic mass is 9.82. The Morgan fingerprint density at radius 3 is 2.66 bits per heavy atom. The summed E-state index contributed by atoms with van der Waals surface area (Å²) in [6.45, 7) is 4.69. The quantitative estimate of drug-likeness (QED) is 0.451. The Morgan fingerprint density at radius 2 is 1.97 bits per heavy atom. The molecule has 4 rings (SSSR count). The van der Waals surface area contributed by atoms with E-state index in [1.54, 1.807) is 30.0 Å². The monoisotopic (exact) mass is 499 g/mol. The number of H-pyrrole nitrogens is 1. The number of esters is 1. The van der Waals surface area contributed by atoms with Gasteiger partial charge in [-0.2, -0.15) is 5.10 Å². The predicted molar refractivity (Wildman–Crippen MR) is 130 cm³/mol. The van der Waals surface area contributed by atoms with E-state index in [0.717, 1.165) is 5.69 Å². The van der Waals surface area contributed by atoms with Gasteiger partial charge in [-0.25, -0.2) is 9.37 Å². The number of pyridine rings is 1. The van der Waals surface area contributed by atoms with Gasteiger partial charge in [0.25, 0.3) is 5.91 Å². The van der Waals surface area contributed by atoms with E-state index in [2.05, 4.69) is 20.5 Å². The molecule has 1 fully saturated rings. The summed E-state index contributed by atoms with van der Waals surface area (Å²) in [6.07, 6.45) is 1.10. The third-order valence-corrected chi connectivity index (χ3v) is 6.36. The fraction of sp³-hybridized carbons (Fsp3) is 0.360. The fourth-order valence-electron chi connectivity index (χ4n) is 4.37. The average molecular weight is 500 g/mol. The standard InChI is InChI=1S/C25H27ClFN5O3/c1-3-35-25(34)22(19-8-5-9-20(28-19)29-21-14-15(2)30-31-21)16-10-12-32(13-11-16)24(33)17-6-4-7-18(26)23(17)27/h4-9,14,16,22H,3,10-13H2,1-2H3,(H2,28,29,30,31). The highest BCUT2D eigenvalue weighted by atomic mass is 35.5. The van der Waals surface area contributed by atoms with Gasteiger partial charge >= 0.3 is 5.97 Å². The maximum atomic E-state index is 14.4. The van der Waals surface area contributed by atoms with Crippen molar-refractivity contribution in [3.05, 3.63) is 70.3 Å². The van der Waals surface area contributed by atoms with E-state index in [-0.39, 0.29) is 29.1 Å². The van der Waals surface area contributed by atoms with Crippen molar-refractivity contribution < 1.29 is 18.7 Å². The summed E-state index contributed by atoms with van der Waals surface area (Å²) in [6, 6.07) is 11.7. The summed E-state index contributed by atoms with van der Waals surface area (Å²) in [4.78, 5) is 32.1. The molecule has 0 spiro atoms. The van der Waals surface area contributed by atoms with Crippen molar-refractivity contribution in [3.8, 4) is 0 Å². The Balaban J connectivity index is 1.50. The zero-order chi connectivity index (χ0) is 24.9. The van der Waals surface area contributed by atoms with E-state index in [1.807, 2.05) is 19.1 Å². The number of hydrogen-bond donors (Lipinski definition) is 2. The number of benzene rings is 1. The van der Waals surface area contributed by atoms with Crippen molar-refractivity contribution in [2.24, 2.45) is 5.92 Å². The highest BCUT2D eigenvalue weighted by Gasteiger charge is 2.36. The van der Waals surface area contributed by atoms with Crippen molar-refractivity contribution in [2.75, 3.05) is 25.0 Å². The first-order valence-corrected chi connectivity index (χ1v) is 11.9. The molecule has 2 N–H and O–H groups in total. The lowest BCUT2D eigenvalue weighted by Crippen LogP contribution is -2.41. The number of hydrogen-bond acceptors (Lipinski definition) is 6. The third kappa shape index (κ3) is 5.62. The molecule has 1 aliphatic rings. The smallest absolute Gasteiger partial charge is 0.315 e. The molecule has 0 bridgehead atoms. The Labute approximate surface area is 207 Å². The van der Waals surface area contributed by atoms with Gasteiger partial charge in [0.1, 0.15) is 11.7 Å². The minimum absolute atomic E-state index is 0.0491. The first kappa shape index (κ1) is 24.7. The molecule has 3 aromatic rings. The van der Waals surface area contributed by atoms with Crippen LogP contribution in [-0.4, -0.2) is 51.7 Å². The number of likely N-dealkylation sites (tertiary alicyclic amines) is 1. The van der Waals surface area contributed by atoms with Gasteiger partial charge < -0.3 is 15.0 Å². The van der Waals surface area contributed by atoms with Crippen molar-refractivity contribution in [1.29, 1.82) is 0 Å². The van der Waals surface area contributed by atoms with E-state index in [0.29, 0.717) is 43.3 Å². The van der Waals surface area contributed by atoms with Crippen molar-refractivity contribution in [2.45, 2.75) is 32.6 Å². The van der Waals surface area contributed by atoms with E-state index in [1.165, 1.54) is 12.1 Å². The number of carbonyl (C=O) groups excluding carboxylic acids is 2. The molecule has 0 aliphatic carbocycles. The summed E-state index contributed by atoms with van der Waals surface area (Å²) in [5.74, 6) is -0.956. The second-order valence-corrected chi connectivity index (χ2v) is 8.88. The normalized spacial score (nSPS) is 15.0. The number of piperidine rings is 1. The van der Waals surface area contributed by atoms with Gasteiger partial charge in [-0.3, -0.25) is 14.7 Å². The summed E-state index contributed by atoms with van der Waals surface area (Å²) in [5.41, 5.74) is 1.45. The van der Waals surface area contributed by atoms with Gasteiger partial charge in [0, 0.05) is 24.8 Å². The molecule has 8 nitrogen and oxygen atoms in total. The molecular weight excluding hydrogens is 473 g/mol. The van der Waals surface area contributed by atoms with Crippen molar-refractivity contribution in [3.63, 3.8) is 0 Å². The molecule has 3 heterocycles. The van der Waals surface area contributed by atoms with Crippen LogP contribution in [-0.2, 0) is 9.53 Å². The molecule has 0 saturated carbocycles. The van der Waals surface area contributed by atoms with E-state index < -0.39 is 17.6 Å². The molecule has 1 amide bonds. The Kier molecular flexibility index (Phi) is 7.65. The number of rotatable bonds is 7. The Bertz CT molecular complexity index is 1210. The highest BCUT2D eigenvalue weighted by Crippen LogP contribution is 2.34. The first-order chi connectivity index (χ1) is 16.9. The number of carbonyl (C=O) groups is 2. The minimum atomic E-state index is -0.716. The summed E-state index contributed by atoms with van der Waals surface area (Å²) in [7, 11) is 0. The van der Waals surface area contributed by atoms with Crippen LogP contribution in [0.2, 0.25) is 5.02 Å². The fourth-order valence-corrected chi connectivity index (χ4v) is 4.54.